The Morgan fingerprint density at radius 1 is 0.560 bits per heavy atom. The Bertz CT molecular complexity index is 3260. The highest BCUT2D eigenvalue weighted by atomic mass is 127. The molecule has 0 saturated carbocycles. The summed E-state index contributed by atoms with van der Waals surface area (Å²) in [4.78, 5) is 0. The van der Waals surface area contributed by atoms with Gasteiger partial charge in [-0.25, -0.2) is 35.6 Å². The number of nitriles is 1. The van der Waals surface area contributed by atoms with Gasteiger partial charge in [-0.3, -0.25) is 0 Å². The van der Waals surface area contributed by atoms with Crippen molar-refractivity contribution < 1.29 is 79.0 Å². The van der Waals surface area contributed by atoms with Crippen molar-refractivity contribution in [1.82, 2.24) is 29.0 Å². The summed E-state index contributed by atoms with van der Waals surface area (Å²) >= 11 is 1.98. The van der Waals surface area contributed by atoms with E-state index >= 15 is 0 Å². The minimum Gasteiger partial charge on any atom is -0.438 e. The summed E-state index contributed by atoms with van der Waals surface area (Å²) in [6, 6.07) is 22.6. The van der Waals surface area contributed by atoms with Crippen LogP contribution in [0.2, 0.25) is 0 Å². The molecule has 0 radical (unpaired) electrons. The summed E-state index contributed by atoms with van der Waals surface area (Å²) in [7, 11) is -9.40. The molecule has 13 nitrogen and oxygen atoms in total. The average molecular weight is 1220 g/mol. The van der Waals surface area contributed by atoms with E-state index in [0.717, 1.165) is 36.4 Å². The van der Waals surface area contributed by atoms with Gasteiger partial charge in [0.15, 0.2) is 11.5 Å². The van der Waals surface area contributed by atoms with Gasteiger partial charge < -0.3 is 9.47 Å². The molecule has 0 saturated heterocycles. The topological polar surface area (TPSA) is 170 Å². The fourth-order valence-corrected chi connectivity index (χ4v) is 10.7. The van der Waals surface area contributed by atoms with E-state index < -0.39 is 78.5 Å². The van der Waals surface area contributed by atoms with Crippen molar-refractivity contribution >= 4 is 42.6 Å². The largest absolute Gasteiger partial charge is 0.438 e. The van der Waals surface area contributed by atoms with Gasteiger partial charge in [-0.15, -0.1) is 0 Å². The third-order valence-corrected chi connectivity index (χ3v) is 14.5. The molecule has 0 aliphatic rings. The molecule has 0 bridgehead atoms. The Hall–Kier alpha value is -5.90. The monoisotopic (exact) mass is 1220 g/mol. The maximum atomic E-state index is 12.9. The van der Waals surface area contributed by atoms with Gasteiger partial charge in [0.25, 0.3) is 0 Å². The van der Waals surface area contributed by atoms with E-state index in [-0.39, 0.29) is 41.1 Å². The molecule has 6 aromatic rings. The van der Waals surface area contributed by atoms with Crippen molar-refractivity contribution in [3.05, 3.63) is 128 Å². The summed E-state index contributed by atoms with van der Waals surface area (Å²) in [5.41, 5.74) is -2.43. The highest BCUT2D eigenvalue weighted by Crippen LogP contribution is 2.39. The van der Waals surface area contributed by atoms with Gasteiger partial charge in [-0.2, -0.15) is 68.1 Å². The van der Waals surface area contributed by atoms with Gasteiger partial charge in [0.05, 0.1) is 22.2 Å². The normalized spacial score (nSPS) is 13.0. The van der Waals surface area contributed by atoms with Crippen LogP contribution in [0.3, 0.4) is 0 Å². The second-order valence-corrected chi connectivity index (χ2v) is 21.9. The lowest BCUT2D eigenvalue weighted by atomic mass is 9.93. The van der Waals surface area contributed by atoms with E-state index in [2.05, 4.69) is 14.9 Å². The Morgan fingerprint density at radius 2 is 0.920 bits per heavy atom. The highest BCUT2D eigenvalue weighted by molar-refractivity contribution is 14.1. The number of ether oxygens (including phenoxy) is 2. The lowest BCUT2D eigenvalue weighted by molar-refractivity contribution is -0.138. The zero-order valence-corrected chi connectivity index (χ0v) is 43.8. The summed E-state index contributed by atoms with van der Waals surface area (Å²) in [5.74, 6) is -3.60. The number of rotatable bonds is 16. The van der Waals surface area contributed by atoms with Gasteiger partial charge >= 0.3 is 24.7 Å². The molecule has 0 amide bonds. The van der Waals surface area contributed by atoms with Crippen LogP contribution in [0, 0.1) is 14.9 Å². The van der Waals surface area contributed by atoms with Crippen LogP contribution < -0.4 is 18.9 Å². The van der Waals surface area contributed by atoms with Crippen LogP contribution in [0.1, 0.15) is 69.4 Å². The maximum Gasteiger partial charge on any atom is 0.416 e. The molecule has 0 fully saturated rings. The molecule has 2 N–H and O–H groups in total. The summed E-state index contributed by atoms with van der Waals surface area (Å²) in [5, 5.41) is 18.7. The summed E-state index contributed by atoms with van der Waals surface area (Å²) < 4.78 is 221. The Kier molecular flexibility index (Phi) is 17.9. The smallest absolute Gasteiger partial charge is 0.416 e. The number of aryl methyl sites for hydroxylation is 2. The molecule has 2 heterocycles. The second kappa shape index (κ2) is 22.4. The lowest BCUT2D eigenvalue weighted by Gasteiger charge is -2.27. The zero-order chi connectivity index (χ0) is 56.3. The molecular weight excluding hydrogens is 1180 g/mol. The molecule has 0 unspecified atom stereocenters. The standard InChI is InChI=1S/C24H22F6N4O3S.C23H22F6IN3O3S/c1-4-34-21(37-18-10-8-16(9-11-18)24(28,29)30)19(13-31)20(32-34)15-6-5-7-17(12-15)22(2,3)33-38(35,36)14-23(25,26)27;1-4-33-20(36-17-10-8-15(9-11-17)23(27,28)29)18(30)19(31-33)14-6-5-7-16(12-14)21(2,3)32-37(34,35)13-22(24,25)26/h5-12,33H,4,14H2,1-3H3;5-12,32H,4,13H2,1-3H3. The van der Waals surface area contributed by atoms with E-state index in [1.165, 1.54) is 67.4 Å². The molecule has 0 spiro atoms. The van der Waals surface area contributed by atoms with Crippen LogP contribution in [-0.2, 0) is 56.6 Å². The van der Waals surface area contributed by atoms with Gasteiger partial charge in [0.2, 0.25) is 31.8 Å². The number of nitrogens with one attached hydrogen (secondary N) is 2. The van der Waals surface area contributed by atoms with Crippen LogP contribution in [0.25, 0.3) is 22.5 Å². The van der Waals surface area contributed by atoms with E-state index in [9.17, 15) is 74.8 Å². The molecule has 6 rings (SSSR count). The fraction of sp³-hybridized carbons (Fsp3) is 0.340. The van der Waals surface area contributed by atoms with Gasteiger partial charge in [-0.05, 0) is 136 Å². The Morgan fingerprint density at radius 3 is 1.28 bits per heavy atom. The molecule has 0 aliphatic heterocycles. The molecule has 4 aromatic carbocycles. The Balaban J connectivity index is 0.000000277. The number of hydrogen-bond acceptors (Lipinski definition) is 9. The Labute approximate surface area is 436 Å². The fourth-order valence-electron chi connectivity index (χ4n) is 7.14. The van der Waals surface area contributed by atoms with Crippen molar-refractivity contribution in [2.75, 3.05) is 11.5 Å². The number of nitrogens with zero attached hydrogens (tertiary/aromatic N) is 5. The summed E-state index contributed by atoms with van der Waals surface area (Å²) in [6.45, 7) is 9.74. The maximum absolute atomic E-state index is 12.9. The quantitative estimate of drug-likeness (QED) is 0.0707. The molecule has 406 valence electrons. The first kappa shape index (κ1) is 60.0. The molecule has 75 heavy (non-hydrogen) atoms. The molecule has 28 heteroatoms. The first-order chi connectivity index (χ1) is 34.4. The zero-order valence-electron chi connectivity index (χ0n) is 40.0. The van der Waals surface area contributed by atoms with E-state index in [1.807, 2.05) is 33.4 Å². The van der Waals surface area contributed by atoms with Crippen LogP contribution in [-0.4, -0.2) is 60.3 Å². The second-order valence-electron chi connectivity index (χ2n) is 17.4. The predicted molar refractivity (Wildman–Crippen MR) is 259 cm³/mol. The summed E-state index contributed by atoms with van der Waals surface area (Å²) in [6.07, 6.45) is -18.8. The third kappa shape index (κ3) is 16.1. The van der Waals surface area contributed by atoms with Gasteiger partial charge in [-0.1, -0.05) is 36.4 Å². The number of alkyl halides is 12. The van der Waals surface area contributed by atoms with Crippen LogP contribution >= 0.6 is 22.6 Å². The first-order valence-corrected chi connectivity index (χ1v) is 26.1. The van der Waals surface area contributed by atoms with Crippen molar-refractivity contribution in [1.29, 1.82) is 5.26 Å². The third-order valence-electron chi connectivity index (χ3n) is 10.5. The number of aromatic nitrogens is 4. The van der Waals surface area contributed by atoms with Crippen molar-refractivity contribution in [3.63, 3.8) is 0 Å². The van der Waals surface area contributed by atoms with Gasteiger partial charge in [0.1, 0.15) is 38.1 Å². The molecular formula is C47H44F12IN7O6S2. The van der Waals surface area contributed by atoms with Crippen LogP contribution in [0.15, 0.2) is 97.1 Å². The predicted octanol–water partition coefficient (Wildman–Crippen LogP) is 12.7. The van der Waals surface area contributed by atoms with E-state index in [0.29, 0.717) is 38.1 Å². The first-order valence-electron chi connectivity index (χ1n) is 21.7. The minimum atomic E-state index is -4.93. The molecule has 2 aromatic heterocycles. The number of halogens is 13. The average Bonchev–Trinajstić information content (AvgIpc) is 3.79. The van der Waals surface area contributed by atoms with Crippen molar-refractivity contribution in [2.24, 2.45) is 0 Å². The minimum absolute atomic E-state index is 0.0275. The van der Waals surface area contributed by atoms with Crippen LogP contribution in [0.4, 0.5) is 52.7 Å². The molecule has 0 aliphatic carbocycles. The van der Waals surface area contributed by atoms with E-state index in [1.54, 1.807) is 44.2 Å². The molecule has 0 atom stereocenters. The SMILES string of the molecule is CCn1nc(-c2cccc(C(C)(C)NS(=O)(=O)CC(F)(F)F)c2)c(C#N)c1Oc1ccc(C(F)(F)F)cc1.CCn1nc(-c2cccc(C(C)(C)NS(=O)(=O)CC(F)(F)F)c2)c(I)c1Oc1ccc(C(F)(F)F)cc1. The number of hydrogen-bond donors (Lipinski definition) is 2. The number of benzene rings is 4. The van der Waals surface area contributed by atoms with Gasteiger partial charge in [0, 0.05) is 24.2 Å². The van der Waals surface area contributed by atoms with E-state index in [4.69, 9.17) is 9.47 Å². The number of sulfonamides is 2. The van der Waals surface area contributed by atoms with Crippen molar-refractivity contribution in [2.45, 2.75) is 90.4 Å². The highest BCUT2D eigenvalue weighted by Gasteiger charge is 2.40. The lowest BCUT2D eigenvalue weighted by Crippen LogP contribution is -2.44. The van der Waals surface area contributed by atoms with Crippen molar-refractivity contribution in [3.8, 4) is 51.8 Å². The van der Waals surface area contributed by atoms with Crippen LogP contribution in [0.5, 0.6) is 23.3 Å².